The minimum atomic E-state index is -1.16. The molecule has 2 aromatic heterocycles. The van der Waals surface area contributed by atoms with Gasteiger partial charge in [0, 0.05) is 0 Å². The van der Waals surface area contributed by atoms with E-state index in [0.717, 1.165) is 0 Å². The Morgan fingerprint density at radius 2 is 1.89 bits per heavy atom. The normalized spacial score (nSPS) is 10.3. The largest absolute Gasteiger partial charge is 0.475 e. The summed E-state index contributed by atoms with van der Waals surface area (Å²) in [5.74, 6) is -1.40. The molecule has 0 radical (unpaired) electrons. The molecule has 0 fully saturated rings. The van der Waals surface area contributed by atoms with Crippen LogP contribution in [0.4, 0.5) is 0 Å². The van der Waals surface area contributed by atoms with Gasteiger partial charge >= 0.3 is 5.97 Å². The van der Waals surface area contributed by atoms with Crippen molar-refractivity contribution in [2.45, 2.75) is 6.54 Å². The van der Waals surface area contributed by atoms with E-state index >= 15 is 0 Å². The predicted octanol–water partition coefficient (Wildman–Crippen LogP) is 2.15. The third kappa shape index (κ3) is 2.72. The fourth-order valence-electron chi connectivity index (χ4n) is 1.28. The highest BCUT2D eigenvalue weighted by Crippen LogP contribution is 2.13. The van der Waals surface area contributed by atoms with Crippen LogP contribution < -0.4 is 5.32 Å². The second-order valence-electron chi connectivity index (χ2n) is 3.36. The minimum absolute atomic E-state index is 0.0600. The van der Waals surface area contributed by atoms with Crippen molar-refractivity contribution >= 4 is 23.5 Å². The molecule has 18 heavy (non-hydrogen) atoms. The number of amides is 1. The molecule has 6 nitrogen and oxygen atoms in total. The molecule has 0 aliphatic heterocycles. The number of carbonyl (C=O) groups excluding carboxylic acids is 1. The van der Waals surface area contributed by atoms with Gasteiger partial charge in [0.2, 0.25) is 5.76 Å². The number of halogens is 1. The van der Waals surface area contributed by atoms with E-state index in [2.05, 4.69) is 5.32 Å². The highest BCUT2D eigenvalue weighted by molar-refractivity contribution is 6.29. The van der Waals surface area contributed by atoms with Crippen molar-refractivity contribution in [3.63, 3.8) is 0 Å². The van der Waals surface area contributed by atoms with Crippen LogP contribution in [0.15, 0.2) is 33.1 Å². The van der Waals surface area contributed by atoms with Crippen molar-refractivity contribution in [2.75, 3.05) is 0 Å². The van der Waals surface area contributed by atoms with Gasteiger partial charge < -0.3 is 19.3 Å². The molecule has 0 aliphatic rings. The third-order valence-corrected chi connectivity index (χ3v) is 2.30. The van der Waals surface area contributed by atoms with Crippen LogP contribution in [0.2, 0.25) is 5.22 Å². The summed E-state index contributed by atoms with van der Waals surface area (Å²) >= 11 is 5.53. The third-order valence-electron chi connectivity index (χ3n) is 2.09. The molecule has 7 heteroatoms. The zero-order valence-electron chi connectivity index (χ0n) is 8.97. The van der Waals surface area contributed by atoms with Crippen LogP contribution in [0.3, 0.4) is 0 Å². The molecular formula is C11H8ClNO5. The lowest BCUT2D eigenvalue weighted by Crippen LogP contribution is -2.21. The van der Waals surface area contributed by atoms with Gasteiger partial charge in [0.25, 0.3) is 5.91 Å². The van der Waals surface area contributed by atoms with Crippen molar-refractivity contribution in [3.05, 3.63) is 46.8 Å². The van der Waals surface area contributed by atoms with Crippen LogP contribution in [0, 0.1) is 0 Å². The molecule has 1 amide bonds. The van der Waals surface area contributed by atoms with Gasteiger partial charge in [-0.3, -0.25) is 4.79 Å². The second-order valence-corrected chi connectivity index (χ2v) is 3.73. The van der Waals surface area contributed by atoms with Crippen LogP contribution in [-0.4, -0.2) is 17.0 Å². The van der Waals surface area contributed by atoms with Crippen LogP contribution in [0.5, 0.6) is 0 Å². The number of aromatic carboxylic acids is 1. The molecule has 0 saturated heterocycles. The van der Waals surface area contributed by atoms with Crippen molar-refractivity contribution in [2.24, 2.45) is 0 Å². The highest BCUT2D eigenvalue weighted by atomic mass is 35.5. The molecule has 0 aliphatic carbocycles. The standard InChI is InChI=1S/C11H8ClNO5/c12-9-4-3-7(18-9)10(14)13-5-6-1-2-8(17-6)11(15)16/h1-4H,5H2,(H,13,14)(H,15,16). The average molecular weight is 270 g/mol. The average Bonchev–Trinajstić information content (AvgIpc) is 2.94. The number of carbonyl (C=O) groups is 2. The summed E-state index contributed by atoms with van der Waals surface area (Å²) in [6.07, 6.45) is 0. The number of nitrogens with one attached hydrogen (secondary N) is 1. The van der Waals surface area contributed by atoms with E-state index in [1.807, 2.05) is 0 Å². The van der Waals surface area contributed by atoms with E-state index in [4.69, 9.17) is 25.5 Å². The number of furan rings is 2. The summed E-state index contributed by atoms with van der Waals surface area (Å²) in [6, 6.07) is 5.67. The maximum atomic E-state index is 11.6. The molecule has 0 saturated carbocycles. The second kappa shape index (κ2) is 4.97. The molecule has 2 heterocycles. The Hall–Kier alpha value is -2.21. The Bertz CT molecular complexity index is 586. The maximum absolute atomic E-state index is 11.6. The van der Waals surface area contributed by atoms with E-state index in [0.29, 0.717) is 5.76 Å². The van der Waals surface area contributed by atoms with Gasteiger partial charge in [-0.15, -0.1) is 0 Å². The van der Waals surface area contributed by atoms with Crippen molar-refractivity contribution in [1.29, 1.82) is 0 Å². The first-order valence-corrected chi connectivity index (χ1v) is 5.29. The summed E-state index contributed by atoms with van der Waals surface area (Å²) in [5, 5.41) is 11.3. The number of carboxylic acids is 1. The van der Waals surface area contributed by atoms with Gasteiger partial charge in [-0.2, -0.15) is 0 Å². The Balaban J connectivity index is 1.95. The first-order valence-electron chi connectivity index (χ1n) is 4.92. The molecule has 2 rings (SSSR count). The van der Waals surface area contributed by atoms with E-state index in [1.54, 1.807) is 0 Å². The molecule has 2 N–H and O–H groups in total. The van der Waals surface area contributed by atoms with Crippen molar-refractivity contribution in [3.8, 4) is 0 Å². The molecule has 2 aromatic rings. The lowest BCUT2D eigenvalue weighted by atomic mass is 10.4. The SMILES string of the molecule is O=C(O)c1ccc(CNC(=O)c2ccc(Cl)o2)o1. The van der Waals surface area contributed by atoms with Gasteiger partial charge in [-0.1, -0.05) is 0 Å². The zero-order chi connectivity index (χ0) is 13.1. The number of hydrogen-bond acceptors (Lipinski definition) is 4. The first-order chi connectivity index (χ1) is 8.56. The van der Waals surface area contributed by atoms with Crippen LogP contribution in [0.25, 0.3) is 0 Å². The summed E-state index contributed by atoms with van der Waals surface area (Å²) in [6.45, 7) is 0.0600. The minimum Gasteiger partial charge on any atom is -0.475 e. The summed E-state index contributed by atoms with van der Waals surface area (Å²) in [7, 11) is 0. The van der Waals surface area contributed by atoms with E-state index in [9.17, 15) is 9.59 Å². The topological polar surface area (TPSA) is 92.7 Å². The van der Waals surface area contributed by atoms with Crippen LogP contribution >= 0.6 is 11.6 Å². The van der Waals surface area contributed by atoms with Gasteiger partial charge in [0.1, 0.15) is 5.76 Å². The molecule has 0 bridgehead atoms. The van der Waals surface area contributed by atoms with E-state index < -0.39 is 11.9 Å². The molecule has 0 aromatic carbocycles. The monoisotopic (exact) mass is 269 g/mol. The highest BCUT2D eigenvalue weighted by Gasteiger charge is 2.12. The molecule has 0 unspecified atom stereocenters. The van der Waals surface area contributed by atoms with E-state index in [-0.39, 0.29) is 23.3 Å². The van der Waals surface area contributed by atoms with E-state index in [1.165, 1.54) is 24.3 Å². The van der Waals surface area contributed by atoms with Crippen molar-refractivity contribution in [1.82, 2.24) is 5.32 Å². The Labute approximate surface area is 106 Å². The Morgan fingerprint density at radius 3 is 2.44 bits per heavy atom. The number of carboxylic acid groups (broad SMARTS) is 1. The fourth-order valence-corrected chi connectivity index (χ4v) is 1.42. The lowest BCUT2D eigenvalue weighted by Gasteiger charge is -1.99. The van der Waals surface area contributed by atoms with Crippen molar-refractivity contribution < 1.29 is 23.5 Å². The Kier molecular flexibility index (Phi) is 3.38. The molecule has 94 valence electrons. The van der Waals surface area contributed by atoms with Crippen LogP contribution in [0.1, 0.15) is 26.9 Å². The summed E-state index contributed by atoms with van der Waals surface area (Å²) < 4.78 is 9.87. The van der Waals surface area contributed by atoms with Gasteiger partial charge in [0.05, 0.1) is 6.54 Å². The van der Waals surface area contributed by atoms with Crippen LogP contribution in [-0.2, 0) is 6.54 Å². The maximum Gasteiger partial charge on any atom is 0.371 e. The molecular weight excluding hydrogens is 262 g/mol. The lowest BCUT2D eigenvalue weighted by molar-refractivity contribution is 0.0660. The Morgan fingerprint density at radius 1 is 1.17 bits per heavy atom. The van der Waals surface area contributed by atoms with Gasteiger partial charge in [-0.05, 0) is 35.9 Å². The molecule has 0 atom stereocenters. The number of hydrogen-bond donors (Lipinski definition) is 2. The molecule has 0 spiro atoms. The predicted molar refractivity (Wildman–Crippen MR) is 60.6 cm³/mol. The van der Waals surface area contributed by atoms with Gasteiger partial charge in [-0.25, -0.2) is 4.79 Å². The van der Waals surface area contributed by atoms with Gasteiger partial charge in [0.15, 0.2) is 11.0 Å². The number of rotatable bonds is 4. The smallest absolute Gasteiger partial charge is 0.371 e. The summed E-state index contributed by atoms with van der Waals surface area (Å²) in [4.78, 5) is 22.1. The zero-order valence-corrected chi connectivity index (χ0v) is 9.73. The first kappa shape index (κ1) is 12.3. The summed E-state index contributed by atoms with van der Waals surface area (Å²) in [5.41, 5.74) is 0. The quantitative estimate of drug-likeness (QED) is 0.887. The fraction of sp³-hybridized carbons (Fsp3) is 0.0909.